The molecule has 3 heteroatoms. The number of imidazole rings is 1. The number of aryl methyl sites for hydroxylation is 1. The molecule has 0 aliphatic rings. The summed E-state index contributed by atoms with van der Waals surface area (Å²) in [7, 11) is 0. The lowest BCUT2D eigenvalue weighted by atomic mass is 10.3. The van der Waals surface area contributed by atoms with Crippen molar-refractivity contribution in [3.05, 3.63) is 29.9 Å². The van der Waals surface area contributed by atoms with Gasteiger partial charge in [-0.15, -0.1) is 0 Å². The van der Waals surface area contributed by atoms with Crippen molar-refractivity contribution in [1.82, 2.24) is 9.55 Å². The molecule has 0 N–H and O–H groups in total. The van der Waals surface area contributed by atoms with Crippen molar-refractivity contribution in [2.75, 3.05) is 0 Å². The first kappa shape index (κ1) is 10.4. The van der Waals surface area contributed by atoms with Crippen molar-refractivity contribution in [3.63, 3.8) is 0 Å². The van der Waals surface area contributed by atoms with Crippen molar-refractivity contribution in [1.29, 1.82) is 0 Å². The third kappa shape index (κ3) is 1.66. The second-order valence-electron chi connectivity index (χ2n) is 2.99. The van der Waals surface area contributed by atoms with Crippen molar-refractivity contribution >= 4 is 18.1 Å². The standard InChI is InChI=1S/C11H14N2O/c1-5-7-10-11(6-2)13(9(4)14)8(3)12-10/h5-7H,2H2,1,3-4H3/b7-5-. The van der Waals surface area contributed by atoms with Gasteiger partial charge in [0.2, 0.25) is 5.91 Å². The SMILES string of the molecule is C=Cc1c(/C=C\C)nc(C)n1C(C)=O. The van der Waals surface area contributed by atoms with Crippen LogP contribution in [0.2, 0.25) is 0 Å². The summed E-state index contributed by atoms with van der Waals surface area (Å²) >= 11 is 0. The van der Waals surface area contributed by atoms with Crippen LogP contribution in [0.5, 0.6) is 0 Å². The monoisotopic (exact) mass is 190 g/mol. The van der Waals surface area contributed by atoms with Crippen molar-refractivity contribution < 1.29 is 4.79 Å². The van der Waals surface area contributed by atoms with Crippen molar-refractivity contribution in [2.45, 2.75) is 20.8 Å². The Morgan fingerprint density at radius 3 is 2.64 bits per heavy atom. The molecule has 0 saturated heterocycles. The molecule has 1 rings (SSSR count). The normalized spacial score (nSPS) is 10.8. The largest absolute Gasteiger partial charge is 0.274 e. The molecule has 0 aromatic carbocycles. The average Bonchev–Trinajstić information content (AvgIpc) is 2.42. The number of carbonyl (C=O) groups excluding carboxylic acids is 1. The van der Waals surface area contributed by atoms with Crippen LogP contribution in [0.3, 0.4) is 0 Å². The Morgan fingerprint density at radius 2 is 2.21 bits per heavy atom. The number of carbonyl (C=O) groups is 1. The topological polar surface area (TPSA) is 34.9 Å². The highest BCUT2D eigenvalue weighted by Gasteiger charge is 2.12. The molecule has 14 heavy (non-hydrogen) atoms. The van der Waals surface area contributed by atoms with Gasteiger partial charge < -0.3 is 0 Å². The zero-order valence-electron chi connectivity index (χ0n) is 8.74. The summed E-state index contributed by atoms with van der Waals surface area (Å²) in [6, 6.07) is 0. The Labute approximate surface area is 83.8 Å². The lowest BCUT2D eigenvalue weighted by Gasteiger charge is -2.01. The van der Waals surface area contributed by atoms with Crippen LogP contribution in [0.1, 0.15) is 35.9 Å². The summed E-state index contributed by atoms with van der Waals surface area (Å²) in [6.07, 6.45) is 5.40. The highest BCUT2D eigenvalue weighted by molar-refractivity contribution is 5.81. The third-order valence-electron chi connectivity index (χ3n) is 1.94. The molecule has 0 bridgehead atoms. The van der Waals surface area contributed by atoms with Crippen LogP contribution in [-0.4, -0.2) is 15.5 Å². The van der Waals surface area contributed by atoms with Crippen molar-refractivity contribution in [2.24, 2.45) is 0 Å². The number of rotatable bonds is 2. The minimum absolute atomic E-state index is 0.0411. The summed E-state index contributed by atoms with van der Waals surface area (Å²) in [6.45, 7) is 8.92. The van der Waals surface area contributed by atoms with E-state index in [0.717, 1.165) is 11.4 Å². The summed E-state index contributed by atoms with van der Waals surface area (Å²) in [5, 5.41) is 0. The first-order valence-corrected chi connectivity index (χ1v) is 4.47. The molecule has 1 heterocycles. The number of aromatic nitrogens is 2. The van der Waals surface area contributed by atoms with E-state index in [1.807, 2.05) is 19.1 Å². The van der Waals surface area contributed by atoms with E-state index in [4.69, 9.17) is 0 Å². The Balaban J connectivity index is 3.42. The highest BCUT2D eigenvalue weighted by atomic mass is 16.1. The zero-order chi connectivity index (χ0) is 10.7. The minimum Gasteiger partial charge on any atom is -0.274 e. The van der Waals surface area contributed by atoms with E-state index in [0.29, 0.717) is 5.82 Å². The lowest BCUT2D eigenvalue weighted by Crippen LogP contribution is -2.09. The predicted octanol–water partition coefficient (Wildman–Crippen LogP) is 2.53. The molecule has 0 aliphatic carbocycles. The van der Waals surface area contributed by atoms with Gasteiger partial charge in [0.25, 0.3) is 0 Å². The van der Waals surface area contributed by atoms with E-state index in [1.54, 1.807) is 17.6 Å². The molecular weight excluding hydrogens is 176 g/mol. The van der Waals surface area contributed by atoms with Gasteiger partial charge in [0.05, 0.1) is 11.4 Å². The van der Waals surface area contributed by atoms with Crippen LogP contribution >= 0.6 is 0 Å². The van der Waals surface area contributed by atoms with Crippen LogP contribution in [-0.2, 0) is 0 Å². The molecule has 0 atom stereocenters. The summed E-state index contributed by atoms with van der Waals surface area (Å²) in [4.78, 5) is 15.6. The zero-order valence-corrected chi connectivity index (χ0v) is 8.74. The van der Waals surface area contributed by atoms with Crippen LogP contribution < -0.4 is 0 Å². The van der Waals surface area contributed by atoms with Crippen molar-refractivity contribution in [3.8, 4) is 0 Å². The minimum atomic E-state index is -0.0411. The molecule has 0 saturated carbocycles. The first-order valence-electron chi connectivity index (χ1n) is 4.47. The second-order valence-corrected chi connectivity index (χ2v) is 2.99. The smallest absolute Gasteiger partial charge is 0.229 e. The summed E-state index contributed by atoms with van der Waals surface area (Å²) in [5.41, 5.74) is 1.54. The van der Waals surface area contributed by atoms with E-state index in [1.165, 1.54) is 6.92 Å². The second kappa shape index (κ2) is 4.05. The van der Waals surface area contributed by atoms with E-state index < -0.39 is 0 Å². The van der Waals surface area contributed by atoms with Gasteiger partial charge in [-0.05, 0) is 26.0 Å². The molecule has 0 amide bonds. The number of hydrogen-bond acceptors (Lipinski definition) is 2. The fourth-order valence-corrected chi connectivity index (χ4v) is 1.44. The van der Waals surface area contributed by atoms with E-state index in [-0.39, 0.29) is 5.91 Å². The molecule has 1 aromatic heterocycles. The van der Waals surface area contributed by atoms with Gasteiger partial charge in [-0.25, -0.2) is 4.98 Å². The molecular formula is C11H14N2O. The first-order chi connectivity index (χ1) is 6.61. The molecule has 74 valence electrons. The lowest BCUT2D eigenvalue weighted by molar-refractivity contribution is 0.0933. The fraction of sp³-hybridized carbons (Fsp3) is 0.273. The number of nitrogens with zero attached hydrogens (tertiary/aromatic N) is 2. The van der Waals surface area contributed by atoms with E-state index in [2.05, 4.69) is 11.6 Å². The fourth-order valence-electron chi connectivity index (χ4n) is 1.44. The van der Waals surface area contributed by atoms with E-state index >= 15 is 0 Å². The van der Waals surface area contributed by atoms with Crippen LogP contribution in [0.25, 0.3) is 12.2 Å². The number of hydrogen-bond donors (Lipinski definition) is 0. The highest BCUT2D eigenvalue weighted by Crippen LogP contribution is 2.14. The predicted molar refractivity (Wildman–Crippen MR) is 58.1 cm³/mol. The van der Waals surface area contributed by atoms with Crippen LogP contribution in [0.15, 0.2) is 12.7 Å². The van der Waals surface area contributed by atoms with Gasteiger partial charge in [-0.1, -0.05) is 12.7 Å². The molecule has 3 nitrogen and oxygen atoms in total. The molecule has 0 radical (unpaired) electrons. The van der Waals surface area contributed by atoms with E-state index in [9.17, 15) is 4.79 Å². The Bertz CT molecular complexity index is 400. The van der Waals surface area contributed by atoms with Gasteiger partial charge in [0, 0.05) is 6.92 Å². The maximum Gasteiger partial charge on any atom is 0.229 e. The maximum atomic E-state index is 11.3. The van der Waals surface area contributed by atoms with Gasteiger partial charge in [-0.2, -0.15) is 0 Å². The van der Waals surface area contributed by atoms with Crippen LogP contribution in [0, 0.1) is 6.92 Å². The Morgan fingerprint density at radius 1 is 1.57 bits per heavy atom. The van der Waals surface area contributed by atoms with Crippen LogP contribution in [0.4, 0.5) is 0 Å². The molecule has 0 fully saturated rings. The molecule has 0 aliphatic heterocycles. The molecule has 1 aromatic rings. The number of allylic oxidation sites excluding steroid dienone is 1. The Kier molecular flexibility index (Phi) is 3.02. The Hall–Kier alpha value is -1.64. The molecule has 0 unspecified atom stereocenters. The summed E-state index contributed by atoms with van der Waals surface area (Å²) < 4.78 is 1.56. The van der Waals surface area contributed by atoms with Gasteiger partial charge in [-0.3, -0.25) is 9.36 Å². The average molecular weight is 190 g/mol. The van der Waals surface area contributed by atoms with Gasteiger partial charge in [0.15, 0.2) is 0 Å². The quantitative estimate of drug-likeness (QED) is 0.718. The maximum absolute atomic E-state index is 11.3. The molecule has 0 spiro atoms. The summed E-state index contributed by atoms with van der Waals surface area (Å²) in [5.74, 6) is 0.654. The third-order valence-corrected chi connectivity index (χ3v) is 1.94. The van der Waals surface area contributed by atoms with Gasteiger partial charge >= 0.3 is 0 Å². The van der Waals surface area contributed by atoms with Gasteiger partial charge in [0.1, 0.15) is 5.82 Å².